The van der Waals surface area contributed by atoms with Crippen molar-refractivity contribution in [1.29, 1.82) is 0 Å². The summed E-state index contributed by atoms with van der Waals surface area (Å²) >= 11 is 6.30. The van der Waals surface area contributed by atoms with Gasteiger partial charge in [-0.25, -0.2) is 0 Å². The van der Waals surface area contributed by atoms with Crippen molar-refractivity contribution in [3.05, 3.63) is 40.2 Å². The van der Waals surface area contributed by atoms with Gasteiger partial charge in [0, 0.05) is 37.1 Å². The van der Waals surface area contributed by atoms with Crippen molar-refractivity contribution < 1.29 is 0 Å². The fraction of sp³-hybridized carbons (Fsp3) is 0.357. The molecule has 100 valence electrons. The molecule has 1 aromatic carbocycles. The molecule has 4 nitrogen and oxygen atoms in total. The summed E-state index contributed by atoms with van der Waals surface area (Å²) in [5.74, 6) is 0. The fourth-order valence-electron chi connectivity index (χ4n) is 2.67. The third kappa shape index (κ3) is 2.06. The van der Waals surface area contributed by atoms with Crippen molar-refractivity contribution in [2.24, 2.45) is 7.05 Å². The summed E-state index contributed by atoms with van der Waals surface area (Å²) in [7, 11) is 1.87. The summed E-state index contributed by atoms with van der Waals surface area (Å²) in [6.07, 6.45) is 1.06. The van der Waals surface area contributed by atoms with Gasteiger partial charge in [0.1, 0.15) is 5.15 Å². The number of nitrogen functional groups attached to an aromatic ring is 1. The Kier molecular flexibility index (Phi) is 2.90. The zero-order chi connectivity index (χ0) is 13.6. The van der Waals surface area contributed by atoms with Crippen LogP contribution >= 0.6 is 11.6 Å². The zero-order valence-corrected chi connectivity index (χ0v) is 11.9. The minimum absolute atomic E-state index is 0.717. The Hall–Kier alpha value is -1.68. The maximum atomic E-state index is 6.30. The molecule has 2 N–H and O–H groups in total. The molecule has 0 atom stereocenters. The number of halogens is 1. The minimum Gasteiger partial charge on any atom is -0.399 e. The SMILES string of the molecule is Cc1nn(C)c(Cl)c1CN1CCc2ccc(N)cc21. The van der Waals surface area contributed by atoms with E-state index in [2.05, 4.69) is 16.1 Å². The van der Waals surface area contributed by atoms with Crippen LogP contribution in [0.3, 0.4) is 0 Å². The lowest BCUT2D eigenvalue weighted by atomic mass is 10.1. The molecule has 0 aliphatic carbocycles. The van der Waals surface area contributed by atoms with Crippen molar-refractivity contribution in [2.45, 2.75) is 19.9 Å². The van der Waals surface area contributed by atoms with Gasteiger partial charge in [-0.1, -0.05) is 17.7 Å². The summed E-state index contributed by atoms with van der Waals surface area (Å²) in [4.78, 5) is 2.32. The van der Waals surface area contributed by atoms with E-state index in [1.54, 1.807) is 4.68 Å². The number of nitrogens with zero attached hydrogens (tertiary/aromatic N) is 3. The van der Waals surface area contributed by atoms with Crippen molar-refractivity contribution >= 4 is 23.0 Å². The maximum Gasteiger partial charge on any atom is 0.131 e. The van der Waals surface area contributed by atoms with E-state index in [4.69, 9.17) is 17.3 Å². The second kappa shape index (κ2) is 4.46. The van der Waals surface area contributed by atoms with Crippen molar-refractivity contribution in [1.82, 2.24) is 9.78 Å². The summed E-state index contributed by atoms with van der Waals surface area (Å²) in [5.41, 5.74) is 11.3. The Morgan fingerprint density at radius 2 is 2.21 bits per heavy atom. The second-order valence-corrected chi connectivity index (χ2v) is 5.40. The van der Waals surface area contributed by atoms with Crippen LogP contribution < -0.4 is 10.6 Å². The number of aryl methyl sites for hydroxylation is 2. The Bertz CT molecular complexity index is 633. The highest BCUT2D eigenvalue weighted by atomic mass is 35.5. The number of rotatable bonds is 2. The molecule has 0 fully saturated rings. The van der Waals surface area contributed by atoms with E-state index in [1.807, 2.05) is 26.1 Å². The van der Waals surface area contributed by atoms with Crippen LogP contribution in [0.5, 0.6) is 0 Å². The Morgan fingerprint density at radius 1 is 1.42 bits per heavy atom. The summed E-state index contributed by atoms with van der Waals surface area (Å²) in [5, 5.41) is 5.08. The highest BCUT2D eigenvalue weighted by Gasteiger charge is 2.22. The van der Waals surface area contributed by atoms with Gasteiger partial charge in [-0.2, -0.15) is 5.10 Å². The monoisotopic (exact) mass is 276 g/mol. The van der Waals surface area contributed by atoms with Crippen molar-refractivity contribution in [3.63, 3.8) is 0 Å². The van der Waals surface area contributed by atoms with Crippen LogP contribution in [0.4, 0.5) is 11.4 Å². The molecule has 0 amide bonds. The van der Waals surface area contributed by atoms with E-state index >= 15 is 0 Å². The average molecular weight is 277 g/mol. The number of anilines is 2. The molecule has 2 heterocycles. The van der Waals surface area contributed by atoms with E-state index in [1.165, 1.54) is 11.3 Å². The van der Waals surface area contributed by atoms with E-state index in [0.717, 1.165) is 41.6 Å². The molecule has 1 aliphatic heterocycles. The third-order valence-electron chi connectivity index (χ3n) is 3.72. The van der Waals surface area contributed by atoms with Crippen LogP contribution in [0.15, 0.2) is 18.2 Å². The molecule has 0 saturated heterocycles. The van der Waals surface area contributed by atoms with Crippen LogP contribution in [-0.2, 0) is 20.0 Å². The summed E-state index contributed by atoms with van der Waals surface area (Å²) < 4.78 is 1.72. The van der Waals surface area contributed by atoms with E-state index < -0.39 is 0 Å². The molecule has 2 aromatic rings. The molecule has 0 radical (unpaired) electrons. The van der Waals surface area contributed by atoms with Crippen LogP contribution in [0, 0.1) is 6.92 Å². The van der Waals surface area contributed by atoms with E-state index in [0.29, 0.717) is 0 Å². The second-order valence-electron chi connectivity index (χ2n) is 5.04. The number of aromatic nitrogens is 2. The van der Waals surface area contributed by atoms with Gasteiger partial charge in [0.2, 0.25) is 0 Å². The average Bonchev–Trinajstić information content (AvgIpc) is 2.86. The number of fused-ring (bicyclic) bond motifs is 1. The molecule has 0 unspecified atom stereocenters. The molecule has 1 aromatic heterocycles. The molecule has 3 rings (SSSR count). The predicted octanol–water partition coefficient (Wildman–Crippen LogP) is 2.53. The third-order valence-corrected chi connectivity index (χ3v) is 4.19. The smallest absolute Gasteiger partial charge is 0.131 e. The van der Waals surface area contributed by atoms with Crippen molar-refractivity contribution in [2.75, 3.05) is 17.2 Å². The van der Waals surface area contributed by atoms with Gasteiger partial charge >= 0.3 is 0 Å². The van der Waals surface area contributed by atoms with Gasteiger partial charge in [0.05, 0.1) is 5.69 Å². The molecule has 0 bridgehead atoms. The quantitative estimate of drug-likeness (QED) is 0.858. The number of benzene rings is 1. The molecular weight excluding hydrogens is 260 g/mol. The van der Waals surface area contributed by atoms with Gasteiger partial charge in [0.25, 0.3) is 0 Å². The largest absolute Gasteiger partial charge is 0.399 e. The highest BCUT2D eigenvalue weighted by molar-refractivity contribution is 6.30. The van der Waals surface area contributed by atoms with E-state index in [-0.39, 0.29) is 0 Å². The normalized spacial score (nSPS) is 13.9. The molecule has 5 heteroatoms. The first kappa shape index (κ1) is 12.4. The number of nitrogens with two attached hydrogens (primary N) is 1. The van der Waals surface area contributed by atoms with Gasteiger partial charge in [-0.3, -0.25) is 4.68 Å². The number of hydrogen-bond donors (Lipinski definition) is 1. The topological polar surface area (TPSA) is 47.1 Å². The highest BCUT2D eigenvalue weighted by Crippen LogP contribution is 2.32. The Morgan fingerprint density at radius 3 is 2.89 bits per heavy atom. The predicted molar refractivity (Wildman–Crippen MR) is 78.6 cm³/mol. The molecular formula is C14H17ClN4. The van der Waals surface area contributed by atoms with Crippen molar-refractivity contribution in [3.8, 4) is 0 Å². The van der Waals surface area contributed by atoms with Crippen LogP contribution in [0.2, 0.25) is 5.15 Å². The number of hydrogen-bond acceptors (Lipinski definition) is 3. The Balaban J connectivity index is 1.92. The minimum atomic E-state index is 0.717. The Labute approximate surface area is 117 Å². The standard InChI is InChI=1S/C14H17ClN4/c1-9-12(14(15)18(2)17-9)8-19-6-5-10-3-4-11(16)7-13(10)19/h3-4,7H,5-6,8,16H2,1-2H3. The van der Waals surface area contributed by atoms with Gasteiger partial charge < -0.3 is 10.6 Å². The lowest BCUT2D eigenvalue weighted by Crippen LogP contribution is -2.20. The fourth-order valence-corrected chi connectivity index (χ4v) is 2.91. The van der Waals surface area contributed by atoms with Crippen LogP contribution in [-0.4, -0.2) is 16.3 Å². The zero-order valence-electron chi connectivity index (χ0n) is 11.2. The van der Waals surface area contributed by atoms with Gasteiger partial charge in [0.15, 0.2) is 0 Å². The van der Waals surface area contributed by atoms with E-state index in [9.17, 15) is 0 Å². The van der Waals surface area contributed by atoms with Crippen LogP contribution in [0.1, 0.15) is 16.8 Å². The van der Waals surface area contributed by atoms with Gasteiger partial charge in [-0.15, -0.1) is 0 Å². The molecule has 0 saturated carbocycles. The first-order valence-electron chi connectivity index (χ1n) is 6.37. The lowest BCUT2D eigenvalue weighted by Gasteiger charge is -2.19. The summed E-state index contributed by atoms with van der Waals surface area (Å²) in [6, 6.07) is 6.12. The lowest BCUT2D eigenvalue weighted by molar-refractivity contribution is 0.757. The van der Waals surface area contributed by atoms with Crippen LogP contribution in [0.25, 0.3) is 0 Å². The summed E-state index contributed by atoms with van der Waals surface area (Å²) in [6.45, 7) is 3.79. The van der Waals surface area contributed by atoms with Gasteiger partial charge in [-0.05, 0) is 31.0 Å². The molecule has 19 heavy (non-hydrogen) atoms. The molecule has 0 spiro atoms. The molecule has 1 aliphatic rings. The first-order valence-corrected chi connectivity index (χ1v) is 6.75. The first-order chi connectivity index (χ1) is 9.06. The maximum absolute atomic E-state index is 6.30.